The molecule has 27 heavy (non-hydrogen) atoms. The number of anilines is 1. The van der Waals surface area contributed by atoms with Crippen LogP contribution >= 0.6 is 22.9 Å². The van der Waals surface area contributed by atoms with Gasteiger partial charge in [0, 0.05) is 29.4 Å². The Bertz CT molecular complexity index is 879. The third kappa shape index (κ3) is 4.52. The van der Waals surface area contributed by atoms with Crippen molar-refractivity contribution in [3.8, 4) is 10.6 Å². The van der Waals surface area contributed by atoms with Gasteiger partial charge < -0.3 is 9.64 Å². The van der Waals surface area contributed by atoms with Crippen molar-refractivity contribution in [2.45, 2.75) is 32.5 Å². The summed E-state index contributed by atoms with van der Waals surface area (Å²) < 4.78 is 6.28. The van der Waals surface area contributed by atoms with Crippen molar-refractivity contribution in [1.82, 2.24) is 4.98 Å². The molecule has 1 saturated heterocycles. The first kappa shape index (κ1) is 18.5. The summed E-state index contributed by atoms with van der Waals surface area (Å²) in [4.78, 5) is 8.35. The molecule has 2 heterocycles. The largest absolute Gasteiger partial charge is 0.371 e. The monoisotopic (exact) mass is 398 g/mol. The number of aromatic nitrogens is 1. The molecule has 0 unspecified atom stereocenters. The van der Waals surface area contributed by atoms with Crippen LogP contribution in [-0.4, -0.2) is 24.2 Å². The fraction of sp³-hybridized carbons (Fsp3) is 0.318. The van der Waals surface area contributed by atoms with Crippen molar-refractivity contribution >= 4 is 28.6 Å². The average Bonchev–Trinajstić information content (AvgIpc) is 3.08. The van der Waals surface area contributed by atoms with Gasteiger partial charge in [0.05, 0.1) is 23.3 Å². The van der Waals surface area contributed by atoms with E-state index in [1.165, 1.54) is 10.6 Å². The Morgan fingerprint density at radius 1 is 1.15 bits per heavy atom. The molecule has 1 aliphatic rings. The first-order valence-corrected chi connectivity index (χ1v) is 10.5. The number of halogens is 1. The van der Waals surface area contributed by atoms with Crippen molar-refractivity contribution in [2.75, 3.05) is 18.0 Å². The normalized spacial score (nSPS) is 17.3. The Morgan fingerprint density at radius 3 is 2.70 bits per heavy atom. The van der Waals surface area contributed by atoms with E-state index in [0.29, 0.717) is 6.61 Å². The summed E-state index contributed by atoms with van der Waals surface area (Å²) in [5.74, 6) is 0. The number of para-hydroxylation sites is 1. The van der Waals surface area contributed by atoms with Gasteiger partial charge in [0.15, 0.2) is 0 Å². The SMILES string of the molecule is Cc1nc(-c2ccc(Cl)cc2)sc1CO[C@H]1CCCN(c2ccccc2)C1. The Balaban J connectivity index is 1.39. The fourth-order valence-electron chi connectivity index (χ4n) is 3.42. The number of hydrogen-bond donors (Lipinski definition) is 0. The van der Waals surface area contributed by atoms with Gasteiger partial charge >= 0.3 is 0 Å². The van der Waals surface area contributed by atoms with E-state index in [2.05, 4.69) is 42.2 Å². The van der Waals surface area contributed by atoms with Gasteiger partial charge in [0.1, 0.15) is 5.01 Å². The lowest BCUT2D eigenvalue weighted by molar-refractivity contribution is 0.0327. The molecule has 0 saturated carbocycles. The van der Waals surface area contributed by atoms with Gasteiger partial charge in [-0.1, -0.05) is 41.9 Å². The molecule has 0 bridgehead atoms. The summed E-state index contributed by atoms with van der Waals surface area (Å²) in [5, 5.41) is 1.77. The molecular weight excluding hydrogens is 376 g/mol. The Hall–Kier alpha value is -1.88. The van der Waals surface area contributed by atoms with Crippen molar-refractivity contribution < 1.29 is 4.74 Å². The van der Waals surface area contributed by atoms with Gasteiger partial charge in [0.2, 0.25) is 0 Å². The van der Waals surface area contributed by atoms with Crippen LogP contribution in [0.2, 0.25) is 5.02 Å². The molecule has 0 spiro atoms. The number of hydrogen-bond acceptors (Lipinski definition) is 4. The molecule has 1 aliphatic heterocycles. The highest BCUT2D eigenvalue weighted by Crippen LogP contribution is 2.30. The van der Waals surface area contributed by atoms with Crippen LogP contribution in [0.1, 0.15) is 23.4 Å². The lowest BCUT2D eigenvalue weighted by Crippen LogP contribution is -2.39. The maximum absolute atomic E-state index is 6.28. The predicted molar refractivity (Wildman–Crippen MR) is 114 cm³/mol. The fourth-order valence-corrected chi connectivity index (χ4v) is 4.54. The first-order chi connectivity index (χ1) is 13.2. The zero-order chi connectivity index (χ0) is 18.6. The molecule has 1 aromatic heterocycles. The minimum atomic E-state index is 0.263. The number of rotatable bonds is 5. The number of thiazole rings is 1. The highest BCUT2D eigenvalue weighted by Gasteiger charge is 2.21. The average molecular weight is 399 g/mol. The second-order valence-corrected chi connectivity index (χ2v) is 8.41. The van der Waals surface area contributed by atoms with Crippen molar-refractivity contribution in [3.63, 3.8) is 0 Å². The van der Waals surface area contributed by atoms with Gasteiger partial charge in [-0.05, 0) is 44.0 Å². The van der Waals surface area contributed by atoms with E-state index in [-0.39, 0.29) is 6.10 Å². The molecule has 0 radical (unpaired) electrons. The summed E-state index contributed by atoms with van der Waals surface area (Å²) in [6.45, 7) is 4.74. The Morgan fingerprint density at radius 2 is 1.93 bits per heavy atom. The number of piperidine rings is 1. The third-order valence-electron chi connectivity index (χ3n) is 4.93. The molecule has 0 aliphatic carbocycles. The molecule has 1 atom stereocenters. The van der Waals surface area contributed by atoms with E-state index in [9.17, 15) is 0 Å². The zero-order valence-corrected chi connectivity index (χ0v) is 17.0. The molecule has 0 N–H and O–H groups in total. The summed E-state index contributed by atoms with van der Waals surface area (Å²) in [5.41, 5.74) is 3.44. The maximum atomic E-state index is 6.28. The minimum Gasteiger partial charge on any atom is -0.371 e. The first-order valence-electron chi connectivity index (χ1n) is 9.33. The molecule has 4 rings (SSSR count). The van der Waals surface area contributed by atoms with Crippen molar-refractivity contribution in [1.29, 1.82) is 0 Å². The molecule has 2 aromatic carbocycles. The standard InChI is InChI=1S/C22H23ClN2OS/c1-16-21(27-22(24-16)17-9-11-18(23)12-10-17)15-26-20-8-5-13-25(14-20)19-6-3-2-4-7-19/h2-4,6-7,9-12,20H,5,8,13-15H2,1H3/t20-/m0/s1. The Kier molecular flexibility index (Phi) is 5.77. The molecule has 140 valence electrons. The summed E-state index contributed by atoms with van der Waals surface area (Å²) >= 11 is 7.70. The van der Waals surface area contributed by atoms with Crippen LogP contribution in [0.15, 0.2) is 54.6 Å². The third-order valence-corrected chi connectivity index (χ3v) is 6.37. The zero-order valence-electron chi connectivity index (χ0n) is 15.4. The van der Waals surface area contributed by atoms with Gasteiger partial charge in [-0.15, -0.1) is 11.3 Å². The number of ether oxygens (including phenoxy) is 1. The van der Waals surface area contributed by atoms with Gasteiger partial charge in [-0.3, -0.25) is 0 Å². The quantitative estimate of drug-likeness (QED) is 0.530. The van der Waals surface area contributed by atoms with E-state index >= 15 is 0 Å². The minimum absolute atomic E-state index is 0.263. The van der Waals surface area contributed by atoms with Crippen LogP contribution in [0, 0.1) is 6.92 Å². The van der Waals surface area contributed by atoms with Crippen LogP contribution in [0.4, 0.5) is 5.69 Å². The smallest absolute Gasteiger partial charge is 0.123 e. The predicted octanol–water partition coefficient (Wildman–Crippen LogP) is 5.96. The maximum Gasteiger partial charge on any atom is 0.123 e. The van der Waals surface area contributed by atoms with Crippen LogP contribution in [0.5, 0.6) is 0 Å². The van der Waals surface area contributed by atoms with E-state index < -0.39 is 0 Å². The molecule has 5 heteroatoms. The number of aryl methyl sites for hydroxylation is 1. The second-order valence-electron chi connectivity index (χ2n) is 6.89. The highest BCUT2D eigenvalue weighted by molar-refractivity contribution is 7.15. The lowest BCUT2D eigenvalue weighted by atomic mass is 10.1. The van der Waals surface area contributed by atoms with Crippen LogP contribution in [0.25, 0.3) is 10.6 Å². The van der Waals surface area contributed by atoms with Crippen molar-refractivity contribution in [3.05, 3.63) is 70.2 Å². The van der Waals surface area contributed by atoms with E-state index in [1.807, 2.05) is 24.3 Å². The van der Waals surface area contributed by atoms with E-state index in [0.717, 1.165) is 47.2 Å². The summed E-state index contributed by atoms with van der Waals surface area (Å²) in [6, 6.07) is 18.5. The second kappa shape index (κ2) is 8.42. The molecular formula is C22H23ClN2OS. The molecule has 1 fully saturated rings. The number of nitrogens with zero attached hydrogens (tertiary/aromatic N) is 2. The molecule has 3 nitrogen and oxygen atoms in total. The van der Waals surface area contributed by atoms with Crippen LogP contribution in [0.3, 0.4) is 0 Å². The number of benzene rings is 2. The molecule has 0 amide bonds. The van der Waals surface area contributed by atoms with Gasteiger partial charge in [-0.25, -0.2) is 4.98 Å². The summed E-state index contributed by atoms with van der Waals surface area (Å²) in [6.07, 6.45) is 2.54. The van der Waals surface area contributed by atoms with E-state index in [1.54, 1.807) is 11.3 Å². The van der Waals surface area contributed by atoms with Crippen LogP contribution in [-0.2, 0) is 11.3 Å². The topological polar surface area (TPSA) is 25.4 Å². The Labute approximate surface area is 169 Å². The highest BCUT2D eigenvalue weighted by atomic mass is 35.5. The lowest BCUT2D eigenvalue weighted by Gasteiger charge is -2.34. The van der Waals surface area contributed by atoms with Gasteiger partial charge in [0.25, 0.3) is 0 Å². The van der Waals surface area contributed by atoms with Crippen LogP contribution < -0.4 is 4.90 Å². The van der Waals surface area contributed by atoms with Gasteiger partial charge in [-0.2, -0.15) is 0 Å². The molecule has 3 aromatic rings. The summed E-state index contributed by atoms with van der Waals surface area (Å²) in [7, 11) is 0. The van der Waals surface area contributed by atoms with E-state index in [4.69, 9.17) is 21.3 Å². The van der Waals surface area contributed by atoms with Crippen molar-refractivity contribution in [2.24, 2.45) is 0 Å².